The average Bonchev–Trinajstić information content (AvgIpc) is 2.72. The van der Waals surface area contributed by atoms with E-state index in [2.05, 4.69) is 13.8 Å². The summed E-state index contributed by atoms with van der Waals surface area (Å²) in [4.78, 5) is 27.4. The van der Waals surface area contributed by atoms with E-state index < -0.39 is 0 Å². The summed E-state index contributed by atoms with van der Waals surface area (Å²) in [6.45, 7) is 5.57. The van der Waals surface area contributed by atoms with Crippen molar-refractivity contribution in [1.82, 2.24) is 4.90 Å². The third kappa shape index (κ3) is 4.88. The van der Waals surface area contributed by atoms with Crippen LogP contribution in [-0.2, 0) is 0 Å². The minimum absolute atomic E-state index is 0.00309. The number of rotatable bonds is 9. The van der Waals surface area contributed by atoms with Crippen LogP contribution in [0.25, 0.3) is 0 Å². The first-order chi connectivity index (χ1) is 13.0. The van der Waals surface area contributed by atoms with Gasteiger partial charge in [0.25, 0.3) is 5.91 Å². The van der Waals surface area contributed by atoms with Gasteiger partial charge in [0.15, 0.2) is 5.78 Å². The monoisotopic (exact) mass is 369 g/mol. The Bertz CT molecular complexity index is 777. The second-order valence-electron chi connectivity index (χ2n) is 6.26. The van der Waals surface area contributed by atoms with Gasteiger partial charge < -0.3 is 14.4 Å². The van der Waals surface area contributed by atoms with E-state index in [0.29, 0.717) is 28.2 Å². The van der Waals surface area contributed by atoms with Crippen LogP contribution in [0.5, 0.6) is 11.5 Å². The molecule has 0 aromatic heterocycles. The molecular formula is C22H27NO4. The van der Waals surface area contributed by atoms with E-state index in [1.165, 1.54) is 7.11 Å². The molecule has 144 valence electrons. The maximum Gasteiger partial charge on any atom is 0.253 e. The first kappa shape index (κ1) is 20.5. The standard InChI is InChI=1S/C22H27NO4/c1-5-13-23(14-6-2)22(25)17-9-7-16(8-10-17)21(24)19-15-18(26-3)11-12-20(19)27-4/h7-12,15H,5-6,13-14H2,1-4H3. The number of benzene rings is 2. The fraction of sp³-hybridized carbons (Fsp3) is 0.364. The maximum absolute atomic E-state index is 12.9. The molecular weight excluding hydrogens is 342 g/mol. The molecule has 0 unspecified atom stereocenters. The van der Waals surface area contributed by atoms with Crippen LogP contribution in [0, 0.1) is 0 Å². The molecule has 0 saturated carbocycles. The summed E-state index contributed by atoms with van der Waals surface area (Å²) < 4.78 is 10.5. The van der Waals surface area contributed by atoms with E-state index in [1.54, 1.807) is 49.6 Å². The minimum atomic E-state index is -0.177. The number of amides is 1. The molecule has 0 radical (unpaired) electrons. The molecule has 2 aromatic carbocycles. The lowest BCUT2D eigenvalue weighted by molar-refractivity contribution is 0.0755. The highest BCUT2D eigenvalue weighted by Crippen LogP contribution is 2.26. The third-order valence-corrected chi connectivity index (χ3v) is 4.32. The van der Waals surface area contributed by atoms with Gasteiger partial charge in [0.1, 0.15) is 11.5 Å². The van der Waals surface area contributed by atoms with Crippen LogP contribution in [0.2, 0.25) is 0 Å². The van der Waals surface area contributed by atoms with E-state index in [1.807, 2.05) is 4.90 Å². The molecule has 2 rings (SSSR count). The van der Waals surface area contributed by atoms with Crippen LogP contribution in [-0.4, -0.2) is 43.9 Å². The van der Waals surface area contributed by atoms with E-state index in [4.69, 9.17) is 9.47 Å². The zero-order valence-corrected chi connectivity index (χ0v) is 16.5. The average molecular weight is 369 g/mol. The van der Waals surface area contributed by atoms with Gasteiger partial charge in [-0.2, -0.15) is 0 Å². The molecule has 27 heavy (non-hydrogen) atoms. The van der Waals surface area contributed by atoms with Gasteiger partial charge in [-0.15, -0.1) is 0 Å². The molecule has 0 bridgehead atoms. The van der Waals surface area contributed by atoms with Gasteiger partial charge in [0.2, 0.25) is 0 Å². The molecule has 0 heterocycles. The van der Waals surface area contributed by atoms with Gasteiger partial charge >= 0.3 is 0 Å². The summed E-state index contributed by atoms with van der Waals surface area (Å²) in [5, 5.41) is 0. The Morgan fingerprint density at radius 2 is 1.44 bits per heavy atom. The molecule has 5 nitrogen and oxygen atoms in total. The number of nitrogens with zero attached hydrogens (tertiary/aromatic N) is 1. The SMILES string of the molecule is CCCN(CCC)C(=O)c1ccc(C(=O)c2cc(OC)ccc2OC)cc1. The van der Waals surface area contributed by atoms with Crippen molar-refractivity contribution in [3.05, 3.63) is 59.2 Å². The summed E-state index contributed by atoms with van der Waals surface area (Å²) >= 11 is 0. The number of hydrogen-bond acceptors (Lipinski definition) is 4. The highest BCUT2D eigenvalue weighted by molar-refractivity contribution is 6.11. The van der Waals surface area contributed by atoms with Crippen molar-refractivity contribution < 1.29 is 19.1 Å². The number of carbonyl (C=O) groups is 2. The zero-order chi connectivity index (χ0) is 19.8. The van der Waals surface area contributed by atoms with Gasteiger partial charge in [-0.1, -0.05) is 26.0 Å². The van der Waals surface area contributed by atoms with E-state index in [9.17, 15) is 9.59 Å². The van der Waals surface area contributed by atoms with Gasteiger partial charge in [-0.25, -0.2) is 0 Å². The first-order valence-corrected chi connectivity index (χ1v) is 9.21. The largest absolute Gasteiger partial charge is 0.497 e. The summed E-state index contributed by atoms with van der Waals surface area (Å²) in [5.41, 5.74) is 1.51. The quantitative estimate of drug-likeness (QED) is 0.622. The van der Waals surface area contributed by atoms with Crippen molar-refractivity contribution in [1.29, 1.82) is 0 Å². The predicted octanol–water partition coefficient (Wildman–Crippen LogP) is 4.20. The topological polar surface area (TPSA) is 55.8 Å². The number of carbonyl (C=O) groups excluding carboxylic acids is 2. The molecule has 0 spiro atoms. The van der Waals surface area contributed by atoms with Crippen LogP contribution >= 0.6 is 0 Å². The number of hydrogen-bond donors (Lipinski definition) is 0. The molecule has 2 aromatic rings. The van der Waals surface area contributed by atoms with Gasteiger partial charge in [0.05, 0.1) is 19.8 Å². The highest BCUT2D eigenvalue weighted by Gasteiger charge is 2.18. The second-order valence-corrected chi connectivity index (χ2v) is 6.26. The van der Waals surface area contributed by atoms with E-state index >= 15 is 0 Å². The van der Waals surface area contributed by atoms with Crippen LogP contribution in [0.3, 0.4) is 0 Å². The minimum Gasteiger partial charge on any atom is -0.497 e. The fourth-order valence-corrected chi connectivity index (χ4v) is 2.95. The molecule has 0 aliphatic carbocycles. The zero-order valence-electron chi connectivity index (χ0n) is 16.5. The number of ketones is 1. The summed E-state index contributed by atoms with van der Waals surface area (Å²) in [6, 6.07) is 11.9. The Hall–Kier alpha value is -2.82. The van der Waals surface area contributed by atoms with Crippen LogP contribution in [0.15, 0.2) is 42.5 Å². The van der Waals surface area contributed by atoms with Crippen LogP contribution < -0.4 is 9.47 Å². The van der Waals surface area contributed by atoms with Gasteiger partial charge in [0, 0.05) is 24.2 Å². The van der Waals surface area contributed by atoms with Crippen molar-refractivity contribution in [2.45, 2.75) is 26.7 Å². The Morgan fingerprint density at radius 1 is 0.852 bits per heavy atom. The van der Waals surface area contributed by atoms with Crippen LogP contribution in [0.1, 0.15) is 53.0 Å². The second kappa shape index (κ2) is 9.76. The highest BCUT2D eigenvalue weighted by atomic mass is 16.5. The smallest absolute Gasteiger partial charge is 0.253 e. The van der Waals surface area contributed by atoms with Crippen molar-refractivity contribution in [2.75, 3.05) is 27.3 Å². The summed E-state index contributed by atoms with van der Waals surface area (Å²) in [7, 11) is 3.07. The number of ether oxygens (including phenoxy) is 2. The third-order valence-electron chi connectivity index (χ3n) is 4.32. The van der Waals surface area contributed by atoms with E-state index in [0.717, 1.165) is 25.9 Å². The van der Waals surface area contributed by atoms with Gasteiger partial charge in [-0.3, -0.25) is 9.59 Å². The molecule has 1 amide bonds. The van der Waals surface area contributed by atoms with E-state index in [-0.39, 0.29) is 11.7 Å². The molecule has 0 saturated heterocycles. The molecule has 0 atom stereocenters. The van der Waals surface area contributed by atoms with Crippen LogP contribution in [0.4, 0.5) is 0 Å². The Morgan fingerprint density at radius 3 is 1.96 bits per heavy atom. The normalized spacial score (nSPS) is 10.4. The number of methoxy groups -OCH3 is 2. The fourth-order valence-electron chi connectivity index (χ4n) is 2.95. The summed E-state index contributed by atoms with van der Waals surface area (Å²) in [5.74, 6) is 0.888. The molecule has 5 heteroatoms. The lowest BCUT2D eigenvalue weighted by Gasteiger charge is -2.21. The van der Waals surface area contributed by atoms with Crippen molar-refractivity contribution in [3.8, 4) is 11.5 Å². The molecule has 0 aliphatic heterocycles. The molecule has 0 fully saturated rings. The molecule has 0 N–H and O–H groups in total. The first-order valence-electron chi connectivity index (χ1n) is 9.21. The predicted molar refractivity (Wildman–Crippen MR) is 106 cm³/mol. The summed E-state index contributed by atoms with van der Waals surface area (Å²) in [6.07, 6.45) is 1.83. The van der Waals surface area contributed by atoms with Crippen molar-refractivity contribution in [3.63, 3.8) is 0 Å². The van der Waals surface area contributed by atoms with Crippen molar-refractivity contribution in [2.24, 2.45) is 0 Å². The van der Waals surface area contributed by atoms with Gasteiger partial charge in [-0.05, 0) is 43.2 Å². The maximum atomic E-state index is 12.9. The Kier molecular flexibility index (Phi) is 7.41. The lowest BCUT2D eigenvalue weighted by Crippen LogP contribution is -2.32. The van der Waals surface area contributed by atoms with Crippen molar-refractivity contribution >= 4 is 11.7 Å². The Balaban J connectivity index is 2.26. The Labute approximate surface area is 160 Å². The molecule has 0 aliphatic rings. The lowest BCUT2D eigenvalue weighted by atomic mass is 10.0.